The Bertz CT molecular complexity index is 3590. The van der Waals surface area contributed by atoms with Gasteiger partial charge in [-0.3, -0.25) is 0 Å². The molecule has 133 heavy (non-hydrogen) atoms. The standard InChI is InChI=1S/C12H18O.C11H16O.3C10H14O.C9H12O2.2C9H12O.C8H10O2.16C2H6.CH2O/c1-7-8(2)10(4)12(13-6)11(5)9(7)3;1-11(2,3)9-5-7-10(12-4)8-6-9;1-8(2)9-4-6-10(11-3)7-5-9;1-10(2,3)11-9-7-5-4-6-8-9;1-8(2)9-6-4-5-7-10(9)11-3;1-7-3-4-9(11-2)8(5-7)6-10;1-7-4-5-9(10-3)8(2)6-7;1-3-10-9-6-4-8(2)5-7-9;1-10-8-5-3-2-4-7(8)6-9;17*1-2/h1-6H3;5-8H,1-4H3;3*4-8H,1-3H3;3-5,10H,6H2,1-2H3;4-6H,1-3H3;4-7H,3H2,1-2H3;2-5,9H,6H2,1H3;16*1-2H3;1H2. The highest BCUT2D eigenvalue weighted by Crippen LogP contribution is 2.32. The molecule has 9 aromatic rings. The number of hydrogen-bond acceptors (Lipinski definition) is 12. The first-order chi connectivity index (χ1) is 63.8. The second kappa shape index (κ2) is 125. The van der Waals surface area contributed by atoms with E-state index in [9.17, 15) is 0 Å². The van der Waals surface area contributed by atoms with Crippen LogP contribution in [0.25, 0.3) is 0 Å². The number of hydrogen-bond donors (Lipinski definition) is 2. The number of para-hydroxylation sites is 3. The molecule has 9 rings (SSSR count). The fourth-order valence-corrected chi connectivity index (χ4v) is 9.53. The van der Waals surface area contributed by atoms with E-state index in [0.717, 1.165) is 75.0 Å². The average molecular weight is 1870 g/mol. The van der Waals surface area contributed by atoms with Crippen LogP contribution in [-0.2, 0) is 23.4 Å². The van der Waals surface area contributed by atoms with E-state index >= 15 is 0 Å². The van der Waals surface area contributed by atoms with E-state index in [1.807, 2.05) is 422 Å². The molecule has 0 unspecified atom stereocenters. The maximum Gasteiger partial charge on any atom is 0.125 e. The van der Waals surface area contributed by atoms with Crippen molar-refractivity contribution in [1.82, 2.24) is 0 Å². The van der Waals surface area contributed by atoms with Crippen molar-refractivity contribution in [3.63, 3.8) is 0 Å². The van der Waals surface area contributed by atoms with Gasteiger partial charge in [0, 0.05) is 11.1 Å². The lowest BCUT2D eigenvalue weighted by molar-refractivity contribution is -0.0980. The molecule has 0 amide bonds. The van der Waals surface area contributed by atoms with Gasteiger partial charge in [-0.2, -0.15) is 0 Å². The first-order valence-electron chi connectivity index (χ1n) is 50.2. The summed E-state index contributed by atoms with van der Waals surface area (Å²) in [5.41, 5.74) is 17.2. The van der Waals surface area contributed by atoms with Gasteiger partial charge in [0.1, 0.15) is 64.1 Å². The van der Waals surface area contributed by atoms with Crippen LogP contribution >= 0.6 is 0 Å². The summed E-state index contributed by atoms with van der Waals surface area (Å²) in [7, 11) is 11.7. The van der Waals surface area contributed by atoms with Crippen molar-refractivity contribution in [3.8, 4) is 51.7 Å². The topological polar surface area (TPSA) is 141 Å². The van der Waals surface area contributed by atoms with Crippen molar-refractivity contribution < 1.29 is 57.6 Å². The van der Waals surface area contributed by atoms with Crippen molar-refractivity contribution in [3.05, 3.63) is 266 Å². The van der Waals surface area contributed by atoms with Gasteiger partial charge in [0.15, 0.2) is 0 Å². The summed E-state index contributed by atoms with van der Waals surface area (Å²) in [5, 5.41) is 17.7. The SMILES string of the molecule is C=O.CC.CC.CC.CC.CC.CC.CC.CC.CC.CC.CC.CC.CC.CC.CC.CC.CC(C)(C)Oc1ccccc1.CCOc1ccc(C)cc1.COc1c(C)c(C)c(C)c(C)c1C.COc1ccc(C(C)(C)C)cc1.COc1ccc(C(C)C)cc1.COc1ccc(C)cc1C.COc1ccc(C)cc1CO.COc1ccccc1C(C)C.COc1ccccc1CO. The summed E-state index contributed by atoms with van der Waals surface area (Å²) in [5.74, 6) is 9.34. The lowest BCUT2D eigenvalue weighted by Crippen LogP contribution is -2.22. The smallest absolute Gasteiger partial charge is 0.125 e. The summed E-state index contributed by atoms with van der Waals surface area (Å²) in [6, 6.07) is 61.7. The minimum atomic E-state index is -0.0959. The third kappa shape index (κ3) is 90.4. The number of methoxy groups -OCH3 is 7. The Morgan fingerprint density at radius 3 is 0.902 bits per heavy atom. The molecule has 0 heterocycles. The zero-order valence-electron chi connectivity index (χ0n) is 98.4. The maximum absolute atomic E-state index is 8.89. The van der Waals surface area contributed by atoms with Gasteiger partial charge in [0.05, 0.1) is 69.6 Å². The normalized spacial score (nSPS) is 8.32. The van der Waals surface area contributed by atoms with Gasteiger partial charge in [-0.05, 0) is 230 Å². The quantitative estimate of drug-likeness (QED) is 0.107. The molecule has 0 aliphatic carbocycles. The van der Waals surface area contributed by atoms with Crippen LogP contribution in [-0.4, -0.2) is 79.0 Å². The lowest BCUT2D eigenvalue weighted by atomic mass is 9.87. The van der Waals surface area contributed by atoms with Crippen molar-refractivity contribution >= 4 is 6.79 Å². The number of aliphatic hydroxyl groups is 2. The summed E-state index contributed by atoms with van der Waals surface area (Å²) in [4.78, 5) is 8.00. The van der Waals surface area contributed by atoms with Gasteiger partial charge in [0.25, 0.3) is 0 Å². The molecule has 776 valence electrons. The Morgan fingerprint density at radius 2 is 0.602 bits per heavy atom. The van der Waals surface area contributed by atoms with E-state index in [0.29, 0.717) is 11.8 Å². The van der Waals surface area contributed by atoms with E-state index in [2.05, 4.69) is 133 Å². The number of benzene rings is 9. The summed E-state index contributed by atoms with van der Waals surface area (Å²) >= 11 is 0. The van der Waals surface area contributed by atoms with Crippen LogP contribution in [0, 0.1) is 62.3 Å². The predicted molar refractivity (Wildman–Crippen MR) is 605 cm³/mol. The molecule has 0 spiro atoms. The van der Waals surface area contributed by atoms with Gasteiger partial charge in [-0.1, -0.05) is 402 Å². The first-order valence-corrected chi connectivity index (χ1v) is 50.2. The van der Waals surface area contributed by atoms with Gasteiger partial charge >= 0.3 is 0 Å². The molecule has 0 aliphatic rings. The predicted octanol–water partition coefficient (Wildman–Crippen LogP) is 38.4. The van der Waals surface area contributed by atoms with Gasteiger partial charge in [-0.25, -0.2) is 0 Å². The number of carbonyl (C=O) groups excluding carboxylic acids is 1. The Balaban J connectivity index is -0.0000000728. The maximum atomic E-state index is 8.89. The molecule has 0 saturated heterocycles. The highest BCUT2D eigenvalue weighted by atomic mass is 16.5. The Kier molecular flexibility index (Phi) is 154. The first kappa shape index (κ1) is 164. The molecule has 12 heteroatoms. The largest absolute Gasteiger partial charge is 0.497 e. The Hall–Kier alpha value is -9.23. The van der Waals surface area contributed by atoms with Crippen LogP contribution in [0.1, 0.15) is 387 Å². The number of ether oxygens (including phenoxy) is 9. The highest BCUT2D eigenvalue weighted by molar-refractivity contribution is 5.53. The molecule has 0 fully saturated rings. The van der Waals surface area contributed by atoms with Gasteiger partial charge in [-0.15, -0.1) is 0 Å². The van der Waals surface area contributed by atoms with Crippen molar-refractivity contribution in [2.45, 2.75) is 396 Å². The second-order valence-corrected chi connectivity index (χ2v) is 26.2. The van der Waals surface area contributed by atoms with Crippen LogP contribution in [0.5, 0.6) is 51.7 Å². The van der Waals surface area contributed by atoms with Gasteiger partial charge < -0.3 is 57.6 Å². The molecular formula is C121H220O12. The van der Waals surface area contributed by atoms with Crippen LogP contribution in [0.3, 0.4) is 0 Å². The lowest BCUT2D eigenvalue weighted by Gasteiger charge is -2.20. The van der Waals surface area contributed by atoms with E-state index in [-0.39, 0.29) is 24.2 Å². The van der Waals surface area contributed by atoms with E-state index < -0.39 is 0 Å². The van der Waals surface area contributed by atoms with Crippen molar-refractivity contribution in [2.24, 2.45) is 0 Å². The monoisotopic (exact) mass is 1870 g/mol. The van der Waals surface area contributed by atoms with Crippen molar-refractivity contribution in [2.75, 3.05) is 56.4 Å². The molecule has 0 atom stereocenters. The van der Waals surface area contributed by atoms with Crippen LogP contribution in [0.15, 0.2) is 188 Å². The Labute approximate surface area is 829 Å². The summed E-state index contributed by atoms with van der Waals surface area (Å²) in [6.45, 7) is 109. The minimum absolute atomic E-state index is 0.0318. The fraction of sp³-hybridized carbons (Fsp3) is 0.545. The molecule has 12 nitrogen and oxygen atoms in total. The number of carbonyl (C=O) groups is 1. The number of rotatable bonds is 14. The average Bonchev–Trinajstić information content (AvgIpc) is 0.800. The molecule has 2 N–H and O–H groups in total. The summed E-state index contributed by atoms with van der Waals surface area (Å²) in [6.07, 6.45) is 0. The van der Waals surface area contributed by atoms with Crippen molar-refractivity contribution in [1.29, 1.82) is 0 Å². The molecule has 0 bridgehead atoms. The molecule has 0 aliphatic heterocycles. The Morgan fingerprint density at radius 1 is 0.293 bits per heavy atom. The minimum Gasteiger partial charge on any atom is -0.497 e. The summed E-state index contributed by atoms with van der Waals surface area (Å²) < 4.78 is 46.7. The zero-order chi connectivity index (χ0) is 109. The highest BCUT2D eigenvalue weighted by Gasteiger charge is 2.14. The van der Waals surface area contributed by atoms with E-state index in [1.165, 1.54) is 61.2 Å². The van der Waals surface area contributed by atoms with Crippen LogP contribution in [0.2, 0.25) is 0 Å². The van der Waals surface area contributed by atoms with Crippen LogP contribution < -0.4 is 42.6 Å². The third-order valence-electron chi connectivity index (χ3n) is 15.7. The molecule has 0 aromatic heterocycles. The van der Waals surface area contributed by atoms with Crippen LogP contribution in [0.4, 0.5) is 0 Å². The number of aliphatic hydroxyl groups excluding tert-OH is 2. The molecular weight excluding hydrogens is 1650 g/mol. The third-order valence-corrected chi connectivity index (χ3v) is 15.7. The van der Waals surface area contributed by atoms with Gasteiger partial charge in [0.2, 0.25) is 0 Å². The number of aryl methyl sites for hydroxylation is 4. The molecule has 0 radical (unpaired) electrons. The zero-order valence-corrected chi connectivity index (χ0v) is 98.4. The van der Waals surface area contributed by atoms with E-state index in [4.69, 9.17) is 57.6 Å². The van der Waals surface area contributed by atoms with E-state index in [1.54, 1.807) is 49.8 Å². The molecule has 9 aromatic carbocycles. The second-order valence-electron chi connectivity index (χ2n) is 26.2. The molecule has 0 saturated carbocycles. The fourth-order valence-electron chi connectivity index (χ4n) is 9.53.